The maximum atomic E-state index is 10.1. The standard InChI is InChI=1S/C21H24N2OS2/c1-26-21(25)17-8-4-9-19(17)23-13-5-12-22-14-18-16-7-3-2-6-15(16)10-11-20(18)24/h2-3,6-7,10-11,14,23-24H,4-5,8-9,12-13H2,1H3. The molecule has 0 spiro atoms. The molecule has 0 amide bonds. The van der Waals surface area contributed by atoms with E-state index in [-0.39, 0.29) is 5.75 Å². The number of rotatable bonds is 7. The average molecular weight is 385 g/mol. The van der Waals surface area contributed by atoms with Gasteiger partial charge in [-0.3, -0.25) is 4.99 Å². The molecule has 0 bridgehead atoms. The van der Waals surface area contributed by atoms with Gasteiger partial charge in [-0.2, -0.15) is 0 Å². The van der Waals surface area contributed by atoms with Crippen LogP contribution in [0.1, 0.15) is 31.2 Å². The number of thiocarbonyl (C=S) groups is 1. The lowest BCUT2D eigenvalue weighted by atomic mass is 10.0. The van der Waals surface area contributed by atoms with Crippen molar-refractivity contribution < 1.29 is 5.11 Å². The highest BCUT2D eigenvalue weighted by atomic mass is 32.2. The van der Waals surface area contributed by atoms with E-state index in [2.05, 4.69) is 10.3 Å². The Balaban J connectivity index is 1.55. The van der Waals surface area contributed by atoms with Crippen molar-refractivity contribution in [2.45, 2.75) is 25.7 Å². The Morgan fingerprint density at radius 3 is 2.96 bits per heavy atom. The second-order valence-electron chi connectivity index (χ2n) is 6.34. The topological polar surface area (TPSA) is 44.6 Å². The fraction of sp³-hybridized carbons (Fsp3) is 0.333. The summed E-state index contributed by atoms with van der Waals surface area (Å²) in [5, 5.41) is 15.8. The first-order valence-electron chi connectivity index (χ1n) is 8.95. The van der Waals surface area contributed by atoms with Crippen LogP contribution < -0.4 is 5.32 Å². The predicted molar refractivity (Wildman–Crippen MR) is 118 cm³/mol. The van der Waals surface area contributed by atoms with Crippen LogP contribution in [0.25, 0.3) is 10.8 Å². The molecular weight excluding hydrogens is 360 g/mol. The third-order valence-electron chi connectivity index (χ3n) is 4.62. The maximum absolute atomic E-state index is 10.1. The maximum Gasteiger partial charge on any atom is 0.124 e. The van der Waals surface area contributed by atoms with Crippen molar-refractivity contribution in [3.8, 4) is 5.75 Å². The molecule has 0 fully saturated rings. The minimum absolute atomic E-state index is 0.275. The Kier molecular flexibility index (Phi) is 6.69. The highest BCUT2D eigenvalue weighted by Gasteiger charge is 2.17. The van der Waals surface area contributed by atoms with Crippen molar-refractivity contribution in [2.24, 2.45) is 4.99 Å². The highest BCUT2D eigenvalue weighted by molar-refractivity contribution is 8.23. The number of thioether (sulfide) groups is 1. The quantitative estimate of drug-likeness (QED) is 0.397. The molecular formula is C21H24N2OS2. The zero-order chi connectivity index (χ0) is 18.4. The molecule has 2 aromatic rings. The number of nitrogens with one attached hydrogen (secondary N) is 1. The van der Waals surface area contributed by atoms with Gasteiger partial charge in [-0.1, -0.05) is 42.5 Å². The third-order valence-corrected chi connectivity index (χ3v) is 5.98. The second kappa shape index (κ2) is 9.19. The van der Waals surface area contributed by atoms with Crippen LogP contribution in [0.2, 0.25) is 0 Å². The molecule has 0 saturated carbocycles. The Bertz CT molecular complexity index is 858. The van der Waals surface area contributed by atoms with E-state index in [9.17, 15) is 5.11 Å². The fourth-order valence-corrected chi connectivity index (χ4v) is 3.97. The van der Waals surface area contributed by atoms with Crippen LogP contribution in [-0.4, -0.2) is 34.9 Å². The van der Waals surface area contributed by atoms with Crippen molar-refractivity contribution in [3.05, 3.63) is 53.2 Å². The zero-order valence-electron chi connectivity index (χ0n) is 15.0. The number of hydrogen-bond acceptors (Lipinski definition) is 5. The molecule has 136 valence electrons. The Morgan fingerprint density at radius 1 is 1.27 bits per heavy atom. The van der Waals surface area contributed by atoms with Crippen molar-refractivity contribution in [1.82, 2.24) is 5.32 Å². The van der Waals surface area contributed by atoms with E-state index in [0.29, 0.717) is 0 Å². The molecule has 0 aliphatic heterocycles. The number of benzene rings is 2. The second-order valence-corrected chi connectivity index (χ2v) is 7.82. The molecule has 2 aromatic carbocycles. The van der Waals surface area contributed by atoms with Gasteiger partial charge in [0.25, 0.3) is 0 Å². The van der Waals surface area contributed by atoms with Crippen LogP contribution in [0, 0.1) is 0 Å². The molecule has 0 heterocycles. The number of allylic oxidation sites excluding steroid dienone is 1. The van der Waals surface area contributed by atoms with Crippen LogP contribution in [-0.2, 0) is 0 Å². The lowest BCUT2D eigenvalue weighted by molar-refractivity contribution is 0.475. The largest absolute Gasteiger partial charge is 0.507 e. The molecule has 2 N–H and O–H groups in total. The van der Waals surface area contributed by atoms with Gasteiger partial charge in [-0.15, -0.1) is 11.8 Å². The smallest absolute Gasteiger partial charge is 0.124 e. The van der Waals surface area contributed by atoms with Gasteiger partial charge in [0.1, 0.15) is 5.75 Å². The van der Waals surface area contributed by atoms with E-state index in [1.165, 1.54) is 17.7 Å². The first kappa shape index (κ1) is 18.9. The van der Waals surface area contributed by atoms with Gasteiger partial charge in [0, 0.05) is 30.6 Å². The van der Waals surface area contributed by atoms with Gasteiger partial charge >= 0.3 is 0 Å². The van der Waals surface area contributed by atoms with Crippen LogP contribution in [0.5, 0.6) is 5.75 Å². The van der Waals surface area contributed by atoms with E-state index >= 15 is 0 Å². The summed E-state index contributed by atoms with van der Waals surface area (Å²) in [5.74, 6) is 0.275. The van der Waals surface area contributed by atoms with Gasteiger partial charge in [0.05, 0.1) is 4.20 Å². The third kappa shape index (κ3) is 4.46. The van der Waals surface area contributed by atoms with E-state index in [1.54, 1.807) is 24.0 Å². The number of aliphatic imine (C=N–C) groups is 1. The summed E-state index contributed by atoms with van der Waals surface area (Å²) in [6.07, 6.45) is 8.18. The van der Waals surface area contributed by atoms with Gasteiger partial charge in [-0.25, -0.2) is 0 Å². The van der Waals surface area contributed by atoms with E-state index in [4.69, 9.17) is 12.2 Å². The fourth-order valence-electron chi connectivity index (χ4n) is 3.27. The number of phenolic OH excluding ortho intramolecular Hbond substituents is 1. The van der Waals surface area contributed by atoms with Crippen molar-refractivity contribution >= 4 is 45.2 Å². The summed E-state index contributed by atoms with van der Waals surface area (Å²) >= 11 is 7.09. The molecule has 0 saturated heterocycles. The summed E-state index contributed by atoms with van der Waals surface area (Å²) in [6, 6.07) is 11.7. The summed E-state index contributed by atoms with van der Waals surface area (Å²) in [5.41, 5.74) is 3.44. The van der Waals surface area contributed by atoms with Gasteiger partial charge in [-0.05, 0) is 54.4 Å². The van der Waals surface area contributed by atoms with Gasteiger partial charge in [0.15, 0.2) is 0 Å². The molecule has 0 atom stereocenters. The Labute approximate surface area is 164 Å². The van der Waals surface area contributed by atoms with Crippen LogP contribution in [0.15, 0.2) is 52.7 Å². The average Bonchev–Trinajstić information content (AvgIpc) is 3.13. The molecule has 1 aliphatic rings. The van der Waals surface area contributed by atoms with Crippen molar-refractivity contribution in [3.63, 3.8) is 0 Å². The lowest BCUT2D eigenvalue weighted by Crippen LogP contribution is -2.16. The van der Waals surface area contributed by atoms with Crippen molar-refractivity contribution in [1.29, 1.82) is 0 Å². The minimum atomic E-state index is 0.275. The van der Waals surface area contributed by atoms with E-state index < -0.39 is 0 Å². The molecule has 0 unspecified atom stereocenters. The molecule has 1 aliphatic carbocycles. The first-order valence-corrected chi connectivity index (χ1v) is 10.6. The summed E-state index contributed by atoms with van der Waals surface area (Å²) in [6.45, 7) is 1.62. The van der Waals surface area contributed by atoms with E-state index in [0.717, 1.165) is 52.9 Å². The number of hydrogen-bond donors (Lipinski definition) is 2. The number of fused-ring (bicyclic) bond motifs is 1. The SMILES string of the molecule is CSC(=S)C1=C(NCCCN=Cc2c(O)ccc3ccccc23)CCC1. The molecule has 5 heteroatoms. The van der Waals surface area contributed by atoms with Crippen LogP contribution in [0.3, 0.4) is 0 Å². The normalized spacial score (nSPS) is 14.5. The lowest BCUT2D eigenvalue weighted by Gasteiger charge is -2.10. The summed E-state index contributed by atoms with van der Waals surface area (Å²) < 4.78 is 1.02. The van der Waals surface area contributed by atoms with Gasteiger partial charge < -0.3 is 10.4 Å². The molecule has 0 radical (unpaired) electrons. The number of aromatic hydroxyl groups is 1. The monoisotopic (exact) mass is 384 g/mol. The number of phenols is 1. The molecule has 0 aromatic heterocycles. The molecule has 3 rings (SSSR count). The minimum Gasteiger partial charge on any atom is -0.507 e. The van der Waals surface area contributed by atoms with E-state index in [1.807, 2.05) is 36.6 Å². The first-order chi connectivity index (χ1) is 12.7. The summed E-state index contributed by atoms with van der Waals surface area (Å²) in [4.78, 5) is 4.52. The predicted octanol–water partition coefficient (Wildman–Crippen LogP) is 5.07. The zero-order valence-corrected chi connectivity index (χ0v) is 16.6. The van der Waals surface area contributed by atoms with Crippen LogP contribution in [0.4, 0.5) is 0 Å². The Hall–Kier alpha value is -1.85. The van der Waals surface area contributed by atoms with Gasteiger partial charge in [0.2, 0.25) is 0 Å². The number of nitrogens with zero attached hydrogens (tertiary/aromatic N) is 1. The van der Waals surface area contributed by atoms with Crippen LogP contribution >= 0.6 is 24.0 Å². The summed E-state index contributed by atoms with van der Waals surface area (Å²) in [7, 11) is 0. The Morgan fingerprint density at radius 2 is 2.12 bits per heavy atom. The molecule has 26 heavy (non-hydrogen) atoms. The van der Waals surface area contributed by atoms with Crippen molar-refractivity contribution in [2.75, 3.05) is 19.3 Å². The molecule has 3 nitrogen and oxygen atoms in total. The highest BCUT2D eigenvalue weighted by Crippen LogP contribution is 2.28.